The summed E-state index contributed by atoms with van der Waals surface area (Å²) in [5.74, 6) is 0.564. The van der Waals surface area contributed by atoms with E-state index in [0.717, 1.165) is 44.1 Å². The second kappa shape index (κ2) is 24.2. The number of halogens is 2. The number of carbonyl (C=O) groups excluding carboxylic acids is 1. The van der Waals surface area contributed by atoms with Gasteiger partial charge in [0, 0.05) is 65.9 Å². The molecule has 290 valence electrons. The van der Waals surface area contributed by atoms with E-state index in [9.17, 15) is 21.6 Å². The van der Waals surface area contributed by atoms with Gasteiger partial charge in [-0.05, 0) is 89.3 Å². The van der Waals surface area contributed by atoms with Crippen molar-refractivity contribution in [2.45, 2.75) is 72.5 Å². The lowest BCUT2D eigenvalue weighted by atomic mass is 10.1. The minimum Gasteiger partial charge on any atom is -0.465 e. The Bertz CT molecular complexity index is 1690. The van der Waals surface area contributed by atoms with E-state index in [1.54, 1.807) is 13.8 Å². The SMILES string of the molecule is CCOC(OCC)C(=O)OC.CCOC(OCC)c1nc2cc(Br)ccc2n1CCCS(C)(=O)=O.CS(=O)(=O)CCCCc1ccc(Br)cc1N. The number of nitrogen functional groups attached to an aromatic ring is 1. The third-order valence-corrected chi connectivity index (χ3v) is 9.88. The third kappa shape index (κ3) is 19.0. The standard InChI is InChI=1S/C16H23BrN2O4S.C11H16BrNO2S.C7H14O4/c1-4-22-16(23-5-2)15-18-13-11-12(17)7-8-14(13)19(15)9-6-10-24(3,20)21;1-16(14,15)7-3-2-4-9-5-6-10(12)8-11(9)13;1-4-10-7(11-5-2)6(8)9-3/h7-8,11,16H,4-6,9-10H2,1-3H3;5-6,8H,2-4,7,13H2,1H3;7H,4-5H2,1-3H3. The molecule has 3 aromatic rings. The van der Waals surface area contributed by atoms with Gasteiger partial charge in [-0.25, -0.2) is 26.6 Å². The van der Waals surface area contributed by atoms with Gasteiger partial charge in [-0.15, -0.1) is 0 Å². The maximum Gasteiger partial charge on any atom is 0.363 e. The van der Waals surface area contributed by atoms with Crippen LogP contribution in [0.15, 0.2) is 45.3 Å². The van der Waals surface area contributed by atoms with Crippen molar-refractivity contribution in [2.24, 2.45) is 0 Å². The smallest absolute Gasteiger partial charge is 0.363 e. The number of esters is 1. The first-order chi connectivity index (χ1) is 24.0. The van der Waals surface area contributed by atoms with E-state index in [4.69, 9.17) is 24.7 Å². The Hall–Kier alpha value is -2.12. The van der Waals surface area contributed by atoms with Crippen molar-refractivity contribution >= 4 is 74.2 Å². The lowest BCUT2D eigenvalue weighted by Gasteiger charge is -2.18. The Balaban J connectivity index is 0.000000416. The Kier molecular flexibility index (Phi) is 22.3. The average Bonchev–Trinajstić information content (AvgIpc) is 3.40. The number of fused-ring (bicyclic) bond motifs is 1. The van der Waals surface area contributed by atoms with Gasteiger partial charge < -0.3 is 34.0 Å². The first-order valence-electron chi connectivity index (χ1n) is 16.6. The third-order valence-electron chi connectivity index (χ3n) is 6.83. The molecular weight excluding hydrogens is 834 g/mol. The van der Waals surface area contributed by atoms with Crippen LogP contribution in [0.2, 0.25) is 0 Å². The highest BCUT2D eigenvalue weighted by Gasteiger charge is 2.22. The van der Waals surface area contributed by atoms with Crippen molar-refractivity contribution in [3.8, 4) is 0 Å². The summed E-state index contributed by atoms with van der Waals surface area (Å²) in [6.07, 6.45) is 3.96. The average molecular weight is 888 g/mol. The number of benzene rings is 2. The molecule has 51 heavy (non-hydrogen) atoms. The number of imidazole rings is 1. The minimum atomic E-state index is -2.99. The van der Waals surface area contributed by atoms with Crippen LogP contribution in [0, 0.1) is 0 Å². The number of nitrogens with zero attached hydrogens (tertiary/aromatic N) is 2. The summed E-state index contributed by atoms with van der Waals surface area (Å²) in [5.41, 5.74) is 9.44. The van der Waals surface area contributed by atoms with E-state index < -0.39 is 38.2 Å². The summed E-state index contributed by atoms with van der Waals surface area (Å²) in [7, 11) is -4.53. The van der Waals surface area contributed by atoms with E-state index in [2.05, 4.69) is 41.6 Å². The lowest BCUT2D eigenvalue weighted by Crippen LogP contribution is -2.28. The second-order valence-corrected chi connectivity index (χ2v) is 17.5. The number of nitrogens with two attached hydrogens (primary N) is 1. The summed E-state index contributed by atoms with van der Waals surface area (Å²) in [6.45, 7) is 9.78. The van der Waals surface area contributed by atoms with Crippen LogP contribution in [0.3, 0.4) is 0 Å². The molecular formula is C34H53Br2N3O10S2. The fourth-order valence-corrected chi connectivity index (χ4v) is 6.69. The van der Waals surface area contributed by atoms with Crippen LogP contribution >= 0.6 is 31.9 Å². The van der Waals surface area contributed by atoms with Crippen LogP contribution in [0.5, 0.6) is 0 Å². The first kappa shape index (κ1) is 46.9. The molecule has 0 radical (unpaired) electrons. The zero-order valence-electron chi connectivity index (χ0n) is 30.5. The molecule has 13 nitrogen and oxygen atoms in total. The number of hydrogen-bond donors (Lipinski definition) is 1. The number of aromatic nitrogens is 2. The molecule has 0 aliphatic rings. The molecule has 0 fully saturated rings. The molecule has 0 unspecified atom stereocenters. The van der Waals surface area contributed by atoms with Gasteiger partial charge in [0.1, 0.15) is 19.7 Å². The Morgan fingerprint density at radius 1 is 0.804 bits per heavy atom. The zero-order valence-corrected chi connectivity index (χ0v) is 35.3. The quantitative estimate of drug-likeness (QED) is 0.0620. The number of hydrogen-bond acceptors (Lipinski definition) is 12. The van der Waals surface area contributed by atoms with E-state index in [0.29, 0.717) is 51.6 Å². The van der Waals surface area contributed by atoms with Crippen molar-refractivity contribution in [2.75, 3.05) is 63.3 Å². The summed E-state index contributed by atoms with van der Waals surface area (Å²) in [5, 5.41) is 0. The van der Waals surface area contributed by atoms with Crippen LogP contribution in [0.25, 0.3) is 11.0 Å². The molecule has 1 heterocycles. The zero-order chi connectivity index (χ0) is 38.6. The van der Waals surface area contributed by atoms with E-state index in [1.807, 2.05) is 54.8 Å². The van der Waals surface area contributed by atoms with E-state index in [-0.39, 0.29) is 11.5 Å². The number of rotatable bonds is 19. The lowest BCUT2D eigenvalue weighted by molar-refractivity contribution is -0.190. The summed E-state index contributed by atoms with van der Waals surface area (Å²) >= 11 is 6.80. The highest BCUT2D eigenvalue weighted by atomic mass is 79.9. The molecule has 0 aliphatic carbocycles. The van der Waals surface area contributed by atoms with Crippen LogP contribution in [-0.2, 0) is 61.1 Å². The molecule has 0 saturated heterocycles. The maximum atomic E-state index is 11.4. The van der Waals surface area contributed by atoms with Gasteiger partial charge in [0.2, 0.25) is 6.29 Å². The largest absolute Gasteiger partial charge is 0.465 e. The molecule has 0 saturated carbocycles. The van der Waals surface area contributed by atoms with Gasteiger partial charge in [-0.3, -0.25) is 0 Å². The monoisotopic (exact) mass is 885 g/mol. The van der Waals surface area contributed by atoms with Gasteiger partial charge in [-0.1, -0.05) is 37.9 Å². The highest BCUT2D eigenvalue weighted by Crippen LogP contribution is 2.27. The predicted molar refractivity (Wildman–Crippen MR) is 208 cm³/mol. The Morgan fingerprint density at radius 2 is 1.33 bits per heavy atom. The molecule has 3 rings (SSSR count). The van der Waals surface area contributed by atoms with Gasteiger partial charge in [0.25, 0.3) is 6.29 Å². The molecule has 1 aromatic heterocycles. The fourth-order valence-electron chi connectivity index (χ4n) is 4.58. The van der Waals surface area contributed by atoms with Crippen molar-refractivity contribution < 1.29 is 45.3 Å². The number of aryl methyl sites for hydroxylation is 2. The number of ether oxygens (including phenoxy) is 5. The number of unbranched alkanes of at least 4 members (excludes halogenated alkanes) is 1. The molecule has 2 aromatic carbocycles. The van der Waals surface area contributed by atoms with Crippen molar-refractivity contribution in [1.29, 1.82) is 0 Å². The molecule has 0 atom stereocenters. The molecule has 0 aliphatic heterocycles. The number of sulfone groups is 2. The minimum absolute atomic E-state index is 0.135. The predicted octanol–water partition coefficient (Wildman–Crippen LogP) is 6.26. The fraction of sp³-hybridized carbons (Fsp3) is 0.588. The summed E-state index contributed by atoms with van der Waals surface area (Å²) < 4.78 is 74.2. The molecule has 0 bridgehead atoms. The van der Waals surface area contributed by atoms with Crippen molar-refractivity contribution in [3.63, 3.8) is 0 Å². The van der Waals surface area contributed by atoms with Crippen LogP contribution in [0.1, 0.15) is 64.6 Å². The van der Waals surface area contributed by atoms with Gasteiger partial charge in [-0.2, -0.15) is 0 Å². The van der Waals surface area contributed by atoms with E-state index in [1.165, 1.54) is 19.6 Å². The molecule has 2 N–H and O–H groups in total. The van der Waals surface area contributed by atoms with Crippen LogP contribution in [-0.4, -0.2) is 96.2 Å². The summed E-state index contributed by atoms with van der Waals surface area (Å²) in [6, 6.07) is 11.6. The Labute approximate surface area is 320 Å². The number of methoxy groups -OCH3 is 1. The number of anilines is 1. The van der Waals surface area contributed by atoms with Crippen LogP contribution < -0.4 is 5.73 Å². The van der Waals surface area contributed by atoms with E-state index >= 15 is 0 Å². The normalized spacial score (nSPS) is 11.7. The molecule has 0 spiro atoms. The molecule has 17 heteroatoms. The van der Waals surface area contributed by atoms with Crippen LogP contribution in [0.4, 0.5) is 5.69 Å². The topological polar surface area (TPSA) is 175 Å². The second-order valence-electron chi connectivity index (χ2n) is 11.2. The Morgan fingerprint density at radius 3 is 1.84 bits per heavy atom. The maximum absolute atomic E-state index is 11.4. The number of carbonyl (C=O) groups is 1. The van der Waals surface area contributed by atoms with Gasteiger partial charge in [0.05, 0.1) is 23.9 Å². The van der Waals surface area contributed by atoms with Crippen molar-refractivity contribution in [3.05, 3.63) is 56.7 Å². The first-order valence-corrected chi connectivity index (χ1v) is 22.3. The molecule has 0 amide bonds. The van der Waals surface area contributed by atoms with Crippen molar-refractivity contribution in [1.82, 2.24) is 9.55 Å². The van der Waals surface area contributed by atoms with Gasteiger partial charge in [0.15, 0.2) is 5.82 Å². The highest BCUT2D eigenvalue weighted by molar-refractivity contribution is 9.10. The van der Waals surface area contributed by atoms with Gasteiger partial charge >= 0.3 is 5.97 Å². The summed E-state index contributed by atoms with van der Waals surface area (Å²) in [4.78, 5) is 15.5.